The first-order chi connectivity index (χ1) is 14.6. The molecule has 1 fully saturated rings. The highest BCUT2D eigenvalue weighted by Gasteiger charge is 2.29. The van der Waals surface area contributed by atoms with E-state index in [1.54, 1.807) is 0 Å². The van der Waals surface area contributed by atoms with Gasteiger partial charge in [-0.25, -0.2) is 0 Å². The Balaban J connectivity index is 1.45. The first-order valence-corrected chi connectivity index (χ1v) is 11.1. The third-order valence-corrected chi connectivity index (χ3v) is 6.23. The molecule has 5 nitrogen and oxygen atoms in total. The summed E-state index contributed by atoms with van der Waals surface area (Å²) in [4.78, 5) is 17.7. The van der Waals surface area contributed by atoms with Crippen molar-refractivity contribution in [1.29, 1.82) is 0 Å². The number of morpholine rings is 1. The van der Waals surface area contributed by atoms with Crippen molar-refractivity contribution in [3.05, 3.63) is 65.2 Å². The van der Waals surface area contributed by atoms with Gasteiger partial charge in [-0.3, -0.25) is 9.69 Å². The summed E-state index contributed by atoms with van der Waals surface area (Å²) >= 11 is 0. The molecule has 1 N–H and O–H groups in total. The van der Waals surface area contributed by atoms with E-state index in [9.17, 15) is 4.79 Å². The Bertz CT molecular complexity index is 849. The quantitative estimate of drug-likeness (QED) is 0.798. The van der Waals surface area contributed by atoms with E-state index < -0.39 is 0 Å². The zero-order chi connectivity index (χ0) is 20.9. The fourth-order valence-corrected chi connectivity index (χ4v) is 4.84. The van der Waals surface area contributed by atoms with E-state index in [2.05, 4.69) is 71.4 Å². The molecule has 0 spiro atoms. The first-order valence-electron chi connectivity index (χ1n) is 11.1. The number of anilines is 1. The second-order valence-corrected chi connectivity index (χ2v) is 8.52. The van der Waals surface area contributed by atoms with Crippen molar-refractivity contribution in [1.82, 2.24) is 10.2 Å². The lowest BCUT2D eigenvalue weighted by Crippen LogP contribution is -2.50. The molecule has 2 unspecified atom stereocenters. The Hall–Kier alpha value is -2.37. The second kappa shape index (κ2) is 9.63. The van der Waals surface area contributed by atoms with Gasteiger partial charge in [-0.15, -0.1) is 0 Å². The van der Waals surface area contributed by atoms with Gasteiger partial charge in [0.2, 0.25) is 5.91 Å². The van der Waals surface area contributed by atoms with Crippen molar-refractivity contribution in [3.63, 3.8) is 0 Å². The summed E-state index contributed by atoms with van der Waals surface area (Å²) in [7, 11) is 0. The lowest BCUT2D eigenvalue weighted by atomic mass is 9.97. The number of carbonyl (C=O) groups is 1. The molecule has 1 amide bonds. The van der Waals surface area contributed by atoms with Gasteiger partial charge < -0.3 is 15.0 Å². The van der Waals surface area contributed by atoms with Gasteiger partial charge in [-0.05, 0) is 43.9 Å². The molecule has 0 radical (unpaired) electrons. The summed E-state index contributed by atoms with van der Waals surface area (Å²) in [6.45, 7) is 8.86. The molecule has 2 aromatic carbocycles. The predicted octanol–water partition coefficient (Wildman–Crippen LogP) is 3.33. The van der Waals surface area contributed by atoms with Crippen LogP contribution in [0.3, 0.4) is 0 Å². The number of hydrogen-bond donors (Lipinski definition) is 1. The van der Waals surface area contributed by atoms with Gasteiger partial charge in [-0.2, -0.15) is 0 Å². The van der Waals surface area contributed by atoms with Crippen LogP contribution in [0.1, 0.15) is 36.1 Å². The summed E-state index contributed by atoms with van der Waals surface area (Å²) in [6.07, 6.45) is 2.19. The third kappa shape index (κ3) is 4.85. The maximum absolute atomic E-state index is 13.0. The second-order valence-electron chi connectivity index (χ2n) is 8.52. The smallest absolute Gasteiger partial charge is 0.239 e. The highest BCUT2D eigenvalue weighted by Crippen LogP contribution is 2.28. The van der Waals surface area contributed by atoms with Crippen LogP contribution >= 0.6 is 0 Å². The Morgan fingerprint density at radius 3 is 2.63 bits per heavy atom. The van der Waals surface area contributed by atoms with Gasteiger partial charge in [0.05, 0.1) is 25.8 Å². The van der Waals surface area contributed by atoms with Crippen LogP contribution in [0, 0.1) is 6.92 Å². The monoisotopic (exact) mass is 407 g/mol. The minimum atomic E-state index is 0.0141. The number of fused-ring (bicyclic) bond motifs is 1. The Morgan fingerprint density at radius 2 is 1.87 bits per heavy atom. The van der Waals surface area contributed by atoms with Crippen molar-refractivity contribution in [2.75, 3.05) is 44.3 Å². The SMILES string of the molecule is Cc1ccc2c(c1)CCCN2CC(=O)NC(C)C(c1ccccc1)N1CCOCC1. The van der Waals surface area contributed by atoms with Crippen LogP contribution in [0.4, 0.5) is 5.69 Å². The van der Waals surface area contributed by atoms with Crippen molar-refractivity contribution in [3.8, 4) is 0 Å². The highest BCUT2D eigenvalue weighted by molar-refractivity contribution is 5.82. The first kappa shape index (κ1) is 20.9. The molecule has 2 heterocycles. The summed E-state index contributed by atoms with van der Waals surface area (Å²) in [5, 5.41) is 3.30. The van der Waals surface area contributed by atoms with E-state index in [-0.39, 0.29) is 18.0 Å². The zero-order valence-corrected chi connectivity index (χ0v) is 18.1. The molecule has 0 aromatic heterocycles. The van der Waals surface area contributed by atoms with Crippen LogP contribution in [0.25, 0.3) is 0 Å². The fourth-order valence-electron chi connectivity index (χ4n) is 4.84. The third-order valence-electron chi connectivity index (χ3n) is 6.23. The molecule has 2 aliphatic heterocycles. The fraction of sp³-hybridized carbons (Fsp3) is 0.480. The predicted molar refractivity (Wildman–Crippen MR) is 121 cm³/mol. The summed E-state index contributed by atoms with van der Waals surface area (Å²) in [5.74, 6) is 0.0881. The standard InChI is InChI=1S/C25H33N3O2/c1-19-10-11-23-22(17-19)9-6-12-28(23)18-24(29)26-20(2)25(21-7-4-3-5-8-21)27-13-15-30-16-14-27/h3-5,7-8,10-11,17,20,25H,6,9,12-16,18H2,1-2H3,(H,26,29). The van der Waals surface area contributed by atoms with Crippen molar-refractivity contribution >= 4 is 11.6 Å². The molecule has 2 atom stereocenters. The normalized spacial score (nSPS) is 19.1. The number of ether oxygens (including phenoxy) is 1. The maximum atomic E-state index is 13.0. The molecule has 1 saturated heterocycles. The Morgan fingerprint density at radius 1 is 1.10 bits per heavy atom. The van der Waals surface area contributed by atoms with Crippen molar-refractivity contribution < 1.29 is 9.53 Å². The van der Waals surface area contributed by atoms with Crippen LogP contribution in [0.15, 0.2) is 48.5 Å². The molecule has 160 valence electrons. The van der Waals surface area contributed by atoms with Gasteiger partial charge >= 0.3 is 0 Å². The lowest BCUT2D eigenvalue weighted by molar-refractivity contribution is -0.121. The molecule has 4 rings (SSSR count). The van der Waals surface area contributed by atoms with E-state index in [4.69, 9.17) is 4.74 Å². The van der Waals surface area contributed by atoms with E-state index in [0.717, 1.165) is 45.7 Å². The number of nitrogens with zero attached hydrogens (tertiary/aromatic N) is 2. The largest absolute Gasteiger partial charge is 0.379 e. The molecule has 2 aliphatic rings. The zero-order valence-electron chi connectivity index (χ0n) is 18.1. The van der Waals surface area contributed by atoms with Gasteiger partial charge in [0.1, 0.15) is 0 Å². The van der Waals surface area contributed by atoms with E-state index in [0.29, 0.717) is 6.54 Å². The highest BCUT2D eigenvalue weighted by atomic mass is 16.5. The van der Waals surface area contributed by atoms with Gasteiger partial charge in [0.15, 0.2) is 0 Å². The molecule has 0 saturated carbocycles. The van der Waals surface area contributed by atoms with Crippen LogP contribution in [0.2, 0.25) is 0 Å². The van der Waals surface area contributed by atoms with Gasteiger partial charge in [-0.1, -0.05) is 48.0 Å². The van der Waals surface area contributed by atoms with Crippen molar-refractivity contribution in [2.45, 2.75) is 38.8 Å². The summed E-state index contributed by atoms with van der Waals surface area (Å²) in [6, 6.07) is 17.2. The van der Waals surface area contributed by atoms with E-state index >= 15 is 0 Å². The maximum Gasteiger partial charge on any atom is 0.239 e. The van der Waals surface area contributed by atoms with Crippen LogP contribution in [-0.4, -0.2) is 56.2 Å². The topological polar surface area (TPSA) is 44.8 Å². The molecule has 5 heteroatoms. The number of amides is 1. The minimum absolute atomic E-state index is 0.0141. The lowest BCUT2D eigenvalue weighted by Gasteiger charge is -2.39. The average molecular weight is 408 g/mol. The number of nitrogens with one attached hydrogen (secondary N) is 1. The van der Waals surface area contributed by atoms with Crippen LogP contribution < -0.4 is 10.2 Å². The van der Waals surface area contributed by atoms with E-state index in [1.807, 2.05) is 6.07 Å². The van der Waals surface area contributed by atoms with Crippen LogP contribution in [-0.2, 0) is 16.0 Å². The summed E-state index contributed by atoms with van der Waals surface area (Å²) in [5.41, 5.74) is 5.09. The summed E-state index contributed by atoms with van der Waals surface area (Å²) < 4.78 is 5.55. The molecular formula is C25H33N3O2. The number of benzene rings is 2. The Labute approximate surface area is 180 Å². The van der Waals surface area contributed by atoms with Crippen LogP contribution in [0.5, 0.6) is 0 Å². The number of aryl methyl sites for hydroxylation is 2. The number of rotatable bonds is 6. The molecule has 0 aliphatic carbocycles. The van der Waals surface area contributed by atoms with Gasteiger partial charge in [0, 0.05) is 31.4 Å². The van der Waals surface area contributed by atoms with Gasteiger partial charge in [0.25, 0.3) is 0 Å². The number of hydrogen-bond acceptors (Lipinski definition) is 4. The molecular weight excluding hydrogens is 374 g/mol. The molecule has 30 heavy (non-hydrogen) atoms. The number of carbonyl (C=O) groups excluding carboxylic acids is 1. The molecule has 0 bridgehead atoms. The average Bonchev–Trinajstić information content (AvgIpc) is 2.75. The van der Waals surface area contributed by atoms with E-state index in [1.165, 1.54) is 22.4 Å². The minimum Gasteiger partial charge on any atom is -0.379 e. The van der Waals surface area contributed by atoms with Crippen molar-refractivity contribution in [2.24, 2.45) is 0 Å². The Kier molecular flexibility index (Phi) is 6.70. The molecule has 2 aromatic rings.